The standard InChI is InChI=1S/C19H22N2O3S/c1-14-6-4-7-15(12-14)19(10-11-19)18(22)20-16-8-5-9-17(13-16)25(23,24)21(2)3/h4-9,12-13H,10-11H2,1-3H3,(H,20,22). The van der Waals surface area contributed by atoms with E-state index < -0.39 is 15.4 Å². The van der Waals surface area contributed by atoms with Crippen molar-refractivity contribution in [2.75, 3.05) is 19.4 Å². The van der Waals surface area contributed by atoms with Gasteiger partial charge < -0.3 is 5.32 Å². The summed E-state index contributed by atoms with van der Waals surface area (Å²) in [5, 5.41) is 2.89. The summed E-state index contributed by atoms with van der Waals surface area (Å²) in [4.78, 5) is 13.0. The molecule has 2 aromatic carbocycles. The highest BCUT2D eigenvalue weighted by Crippen LogP contribution is 2.49. The lowest BCUT2D eigenvalue weighted by Gasteiger charge is -2.17. The summed E-state index contributed by atoms with van der Waals surface area (Å²) in [6.45, 7) is 2.01. The number of carbonyl (C=O) groups excluding carboxylic acids is 1. The molecule has 3 rings (SSSR count). The van der Waals surface area contributed by atoms with E-state index in [1.165, 1.54) is 26.2 Å². The second kappa shape index (κ2) is 6.28. The minimum absolute atomic E-state index is 0.0856. The Hall–Kier alpha value is -2.18. The maximum atomic E-state index is 12.8. The fraction of sp³-hybridized carbons (Fsp3) is 0.316. The van der Waals surface area contributed by atoms with Crippen LogP contribution in [0.5, 0.6) is 0 Å². The first kappa shape index (κ1) is 17.6. The number of hydrogen-bond acceptors (Lipinski definition) is 3. The normalized spacial score (nSPS) is 15.8. The van der Waals surface area contributed by atoms with Crippen LogP contribution in [0.2, 0.25) is 0 Å². The molecule has 6 heteroatoms. The Morgan fingerprint density at radius 2 is 1.76 bits per heavy atom. The fourth-order valence-corrected chi connectivity index (χ4v) is 3.86. The fourth-order valence-electron chi connectivity index (χ4n) is 2.91. The minimum atomic E-state index is -3.53. The largest absolute Gasteiger partial charge is 0.325 e. The first-order valence-corrected chi connectivity index (χ1v) is 9.61. The molecule has 25 heavy (non-hydrogen) atoms. The average Bonchev–Trinajstić information content (AvgIpc) is 3.37. The van der Waals surface area contributed by atoms with E-state index in [4.69, 9.17) is 0 Å². The highest BCUT2D eigenvalue weighted by atomic mass is 32.2. The van der Waals surface area contributed by atoms with Crippen molar-refractivity contribution >= 4 is 21.6 Å². The summed E-state index contributed by atoms with van der Waals surface area (Å²) in [7, 11) is -0.563. The van der Waals surface area contributed by atoms with Crippen molar-refractivity contribution in [1.82, 2.24) is 4.31 Å². The zero-order valence-corrected chi connectivity index (χ0v) is 15.4. The van der Waals surface area contributed by atoms with E-state index in [2.05, 4.69) is 5.32 Å². The van der Waals surface area contributed by atoms with Gasteiger partial charge in [-0.05, 0) is 43.5 Å². The van der Waals surface area contributed by atoms with Crippen molar-refractivity contribution in [2.45, 2.75) is 30.1 Å². The molecule has 0 radical (unpaired) electrons. The summed E-state index contributed by atoms with van der Waals surface area (Å²) >= 11 is 0. The lowest BCUT2D eigenvalue weighted by Crippen LogP contribution is -2.28. The van der Waals surface area contributed by atoms with Crippen molar-refractivity contribution in [3.05, 3.63) is 59.7 Å². The first-order chi connectivity index (χ1) is 11.8. The number of carbonyl (C=O) groups is 1. The number of benzene rings is 2. The molecule has 1 N–H and O–H groups in total. The zero-order chi connectivity index (χ0) is 18.2. The number of rotatable bonds is 5. The van der Waals surface area contributed by atoms with Crippen LogP contribution in [0.25, 0.3) is 0 Å². The number of amides is 1. The average molecular weight is 358 g/mol. The van der Waals surface area contributed by atoms with Gasteiger partial charge in [-0.2, -0.15) is 0 Å². The predicted molar refractivity (Wildman–Crippen MR) is 98.0 cm³/mol. The molecular formula is C19H22N2O3S. The van der Waals surface area contributed by atoms with Crippen molar-refractivity contribution in [1.29, 1.82) is 0 Å². The van der Waals surface area contributed by atoms with Gasteiger partial charge >= 0.3 is 0 Å². The highest BCUT2D eigenvalue weighted by molar-refractivity contribution is 7.89. The Bertz CT molecular complexity index is 916. The summed E-state index contributed by atoms with van der Waals surface area (Å²) in [6, 6.07) is 14.4. The van der Waals surface area contributed by atoms with Crippen LogP contribution in [0.4, 0.5) is 5.69 Å². The third-order valence-corrected chi connectivity index (χ3v) is 6.44. The maximum Gasteiger partial charge on any atom is 0.242 e. The van der Waals surface area contributed by atoms with E-state index in [-0.39, 0.29) is 10.8 Å². The van der Waals surface area contributed by atoms with Crippen LogP contribution in [-0.4, -0.2) is 32.7 Å². The number of anilines is 1. The molecular weight excluding hydrogens is 336 g/mol. The smallest absolute Gasteiger partial charge is 0.242 e. The van der Waals surface area contributed by atoms with E-state index in [0.29, 0.717) is 5.69 Å². The van der Waals surface area contributed by atoms with E-state index in [1.54, 1.807) is 12.1 Å². The Labute approximate surface area is 148 Å². The molecule has 0 saturated heterocycles. The molecule has 0 atom stereocenters. The summed E-state index contributed by atoms with van der Waals surface area (Å²) in [5.41, 5.74) is 2.13. The molecule has 0 aromatic heterocycles. The van der Waals surface area contributed by atoms with Gasteiger partial charge in [-0.15, -0.1) is 0 Å². The molecule has 1 aliphatic carbocycles. The number of nitrogens with one attached hydrogen (secondary N) is 1. The summed E-state index contributed by atoms with van der Waals surface area (Å²) in [5.74, 6) is -0.0856. The number of hydrogen-bond donors (Lipinski definition) is 1. The second-order valence-electron chi connectivity index (χ2n) is 6.72. The topological polar surface area (TPSA) is 66.5 Å². The van der Waals surface area contributed by atoms with Gasteiger partial charge in [0.25, 0.3) is 0 Å². The quantitative estimate of drug-likeness (QED) is 0.894. The molecule has 0 spiro atoms. The lowest BCUT2D eigenvalue weighted by molar-refractivity contribution is -0.118. The van der Waals surface area contributed by atoms with Crippen LogP contribution in [0.1, 0.15) is 24.0 Å². The predicted octanol–water partition coefficient (Wildman–Crippen LogP) is 2.92. The third kappa shape index (κ3) is 3.32. The van der Waals surface area contributed by atoms with Crippen LogP contribution in [0.15, 0.2) is 53.4 Å². The molecule has 1 fully saturated rings. The second-order valence-corrected chi connectivity index (χ2v) is 8.87. The Kier molecular flexibility index (Phi) is 4.43. The van der Waals surface area contributed by atoms with E-state index in [0.717, 1.165) is 28.3 Å². The van der Waals surface area contributed by atoms with Crippen LogP contribution >= 0.6 is 0 Å². The van der Waals surface area contributed by atoms with Gasteiger partial charge in [0.05, 0.1) is 10.3 Å². The molecule has 0 aliphatic heterocycles. The molecule has 5 nitrogen and oxygen atoms in total. The lowest BCUT2D eigenvalue weighted by atomic mass is 9.93. The van der Waals surface area contributed by atoms with Gasteiger partial charge in [0.2, 0.25) is 15.9 Å². The number of aryl methyl sites for hydroxylation is 1. The van der Waals surface area contributed by atoms with Gasteiger partial charge in [-0.3, -0.25) is 4.79 Å². The van der Waals surface area contributed by atoms with Gasteiger partial charge in [0.1, 0.15) is 0 Å². The Balaban J connectivity index is 1.85. The van der Waals surface area contributed by atoms with Crippen LogP contribution < -0.4 is 5.32 Å². The van der Waals surface area contributed by atoms with Crippen LogP contribution in [0, 0.1) is 6.92 Å². The molecule has 1 aliphatic rings. The molecule has 1 saturated carbocycles. The molecule has 0 heterocycles. The molecule has 1 amide bonds. The Morgan fingerprint density at radius 3 is 2.36 bits per heavy atom. The molecule has 132 valence electrons. The summed E-state index contributed by atoms with van der Waals surface area (Å²) < 4.78 is 25.7. The monoisotopic (exact) mass is 358 g/mol. The van der Waals surface area contributed by atoms with E-state index in [9.17, 15) is 13.2 Å². The van der Waals surface area contributed by atoms with E-state index >= 15 is 0 Å². The number of nitrogens with zero attached hydrogens (tertiary/aromatic N) is 1. The first-order valence-electron chi connectivity index (χ1n) is 8.17. The Morgan fingerprint density at radius 1 is 1.08 bits per heavy atom. The molecule has 0 unspecified atom stereocenters. The van der Waals surface area contributed by atoms with Crippen molar-refractivity contribution in [3.8, 4) is 0 Å². The van der Waals surface area contributed by atoms with Crippen LogP contribution in [0.3, 0.4) is 0 Å². The maximum absolute atomic E-state index is 12.8. The molecule has 0 bridgehead atoms. The van der Waals surface area contributed by atoms with Crippen molar-refractivity contribution < 1.29 is 13.2 Å². The highest BCUT2D eigenvalue weighted by Gasteiger charge is 2.51. The van der Waals surface area contributed by atoms with Gasteiger partial charge in [-0.25, -0.2) is 12.7 Å². The van der Waals surface area contributed by atoms with Gasteiger partial charge in [0, 0.05) is 19.8 Å². The third-order valence-electron chi connectivity index (χ3n) is 4.63. The van der Waals surface area contributed by atoms with Gasteiger partial charge in [0.15, 0.2) is 0 Å². The summed E-state index contributed by atoms with van der Waals surface area (Å²) in [6.07, 6.45) is 1.61. The van der Waals surface area contributed by atoms with E-state index in [1.807, 2.05) is 31.2 Å². The van der Waals surface area contributed by atoms with Gasteiger partial charge in [-0.1, -0.05) is 35.9 Å². The minimum Gasteiger partial charge on any atom is -0.325 e. The SMILES string of the molecule is Cc1cccc(C2(C(=O)Nc3cccc(S(=O)(=O)N(C)C)c3)CC2)c1. The zero-order valence-electron chi connectivity index (χ0n) is 14.6. The van der Waals surface area contributed by atoms with Crippen LogP contribution in [-0.2, 0) is 20.2 Å². The van der Waals surface area contributed by atoms with Crippen molar-refractivity contribution in [2.24, 2.45) is 0 Å². The molecule has 2 aromatic rings. The van der Waals surface area contributed by atoms with Crippen molar-refractivity contribution in [3.63, 3.8) is 0 Å². The number of sulfonamides is 1.